The summed E-state index contributed by atoms with van der Waals surface area (Å²) in [5.74, 6) is 3.48. The van der Waals surface area contributed by atoms with Crippen molar-refractivity contribution < 1.29 is 0 Å². The highest BCUT2D eigenvalue weighted by molar-refractivity contribution is 7.99. The number of thioether (sulfide) groups is 1. The molecule has 0 aromatic carbocycles. The van der Waals surface area contributed by atoms with Gasteiger partial charge >= 0.3 is 0 Å². The monoisotopic (exact) mass is 257 g/mol. The number of halogens is 1. The summed E-state index contributed by atoms with van der Waals surface area (Å²) in [4.78, 5) is 15.3. The molecule has 0 amide bonds. The van der Waals surface area contributed by atoms with E-state index >= 15 is 0 Å². The van der Waals surface area contributed by atoms with Crippen LogP contribution < -0.4 is 5.32 Å². The van der Waals surface area contributed by atoms with Crippen LogP contribution in [0.4, 0.5) is 5.82 Å². The lowest BCUT2D eigenvalue weighted by atomic mass is 10.5. The van der Waals surface area contributed by atoms with E-state index in [9.17, 15) is 0 Å². The average Bonchev–Trinajstić information content (AvgIpc) is 2.77. The number of nitrogens with one attached hydrogen (secondary N) is 2. The Labute approximate surface area is 102 Å². The molecule has 2 aromatic heterocycles. The average molecular weight is 258 g/mol. The summed E-state index contributed by atoms with van der Waals surface area (Å²) < 4.78 is 0. The van der Waals surface area contributed by atoms with E-state index in [4.69, 9.17) is 11.6 Å². The number of anilines is 1. The number of imidazole rings is 1. The van der Waals surface area contributed by atoms with Crippen molar-refractivity contribution in [2.75, 3.05) is 29.2 Å². The molecule has 0 aliphatic carbocycles. The first-order valence-corrected chi connectivity index (χ1v) is 6.62. The van der Waals surface area contributed by atoms with E-state index < -0.39 is 0 Å². The van der Waals surface area contributed by atoms with Crippen molar-refractivity contribution in [2.24, 2.45) is 0 Å². The molecule has 16 heavy (non-hydrogen) atoms. The van der Waals surface area contributed by atoms with Gasteiger partial charge in [0.2, 0.25) is 0 Å². The minimum atomic E-state index is 0.686. The Morgan fingerprint density at radius 2 is 2.25 bits per heavy atom. The van der Waals surface area contributed by atoms with E-state index in [0.29, 0.717) is 11.5 Å². The first kappa shape index (κ1) is 11.5. The molecule has 2 aromatic rings. The van der Waals surface area contributed by atoms with E-state index in [1.165, 1.54) is 6.33 Å². The molecule has 2 N–H and O–H groups in total. The Hall–Kier alpha value is -1.01. The minimum absolute atomic E-state index is 0.686. The van der Waals surface area contributed by atoms with Gasteiger partial charge in [0.25, 0.3) is 0 Å². The van der Waals surface area contributed by atoms with Crippen LogP contribution in [0.3, 0.4) is 0 Å². The van der Waals surface area contributed by atoms with E-state index in [1.54, 1.807) is 6.33 Å². The van der Waals surface area contributed by atoms with E-state index in [1.807, 2.05) is 11.8 Å². The first-order chi connectivity index (χ1) is 7.92. The standard InChI is InChI=1S/C9H12ClN5S/c10-1-3-16-4-2-11-8-7-9(13-5-12-7)15-6-14-8/h5-6H,1-4H2,(H2,11,12,13,14,15). The van der Waals surface area contributed by atoms with Gasteiger partial charge in [0.15, 0.2) is 11.5 Å². The van der Waals surface area contributed by atoms with Crippen LogP contribution in [0.5, 0.6) is 0 Å². The van der Waals surface area contributed by atoms with Crippen LogP contribution in [0.2, 0.25) is 0 Å². The second-order valence-electron chi connectivity index (χ2n) is 3.05. The molecule has 0 atom stereocenters. The third kappa shape index (κ3) is 2.76. The zero-order valence-corrected chi connectivity index (χ0v) is 10.2. The first-order valence-electron chi connectivity index (χ1n) is 4.93. The number of H-pyrrole nitrogens is 1. The van der Waals surface area contributed by atoms with Crippen molar-refractivity contribution in [3.63, 3.8) is 0 Å². The minimum Gasteiger partial charge on any atom is -0.367 e. The summed E-state index contributed by atoms with van der Waals surface area (Å²) in [5, 5.41) is 3.25. The maximum absolute atomic E-state index is 5.59. The zero-order chi connectivity index (χ0) is 11.2. The summed E-state index contributed by atoms with van der Waals surface area (Å²) in [6.07, 6.45) is 3.13. The van der Waals surface area contributed by atoms with Gasteiger partial charge in [-0.3, -0.25) is 0 Å². The van der Waals surface area contributed by atoms with Crippen LogP contribution in [-0.4, -0.2) is 43.9 Å². The van der Waals surface area contributed by atoms with Crippen LogP contribution in [-0.2, 0) is 0 Å². The highest BCUT2D eigenvalue weighted by atomic mass is 35.5. The lowest BCUT2D eigenvalue weighted by molar-refractivity contribution is 1.14. The predicted octanol–water partition coefficient (Wildman–Crippen LogP) is 1.74. The van der Waals surface area contributed by atoms with Crippen molar-refractivity contribution in [3.8, 4) is 0 Å². The van der Waals surface area contributed by atoms with Gasteiger partial charge in [-0.15, -0.1) is 11.6 Å². The fourth-order valence-electron chi connectivity index (χ4n) is 1.30. The number of aromatic nitrogens is 4. The molecule has 2 rings (SSSR count). The molecule has 0 fully saturated rings. The highest BCUT2D eigenvalue weighted by Gasteiger charge is 2.03. The number of hydrogen-bond donors (Lipinski definition) is 2. The summed E-state index contributed by atoms with van der Waals surface area (Å²) in [6, 6.07) is 0. The molecule has 0 saturated heterocycles. The Balaban J connectivity index is 1.91. The maximum atomic E-state index is 5.59. The van der Waals surface area contributed by atoms with E-state index in [0.717, 1.165) is 29.4 Å². The number of aromatic amines is 1. The van der Waals surface area contributed by atoms with Crippen LogP contribution in [0.1, 0.15) is 0 Å². The summed E-state index contributed by atoms with van der Waals surface area (Å²) >= 11 is 7.40. The molecule has 0 unspecified atom stereocenters. The van der Waals surface area contributed by atoms with Gasteiger partial charge in [0.1, 0.15) is 11.8 Å². The normalized spacial score (nSPS) is 10.8. The Morgan fingerprint density at radius 1 is 1.31 bits per heavy atom. The molecule has 0 aliphatic rings. The number of rotatable bonds is 6. The van der Waals surface area contributed by atoms with Crippen molar-refractivity contribution in [1.29, 1.82) is 0 Å². The highest BCUT2D eigenvalue weighted by Crippen LogP contribution is 2.14. The second-order valence-corrected chi connectivity index (χ2v) is 4.65. The van der Waals surface area contributed by atoms with Gasteiger partial charge in [-0.1, -0.05) is 0 Å². The Morgan fingerprint density at radius 3 is 3.12 bits per heavy atom. The molecule has 0 radical (unpaired) electrons. The molecule has 86 valence electrons. The van der Waals surface area contributed by atoms with Crippen LogP contribution in [0, 0.1) is 0 Å². The third-order valence-electron chi connectivity index (χ3n) is 1.98. The van der Waals surface area contributed by atoms with Crippen LogP contribution >= 0.6 is 23.4 Å². The zero-order valence-electron chi connectivity index (χ0n) is 8.61. The van der Waals surface area contributed by atoms with E-state index in [-0.39, 0.29) is 0 Å². The van der Waals surface area contributed by atoms with Crippen molar-refractivity contribution >= 4 is 40.3 Å². The largest absolute Gasteiger partial charge is 0.367 e. The summed E-state index contributed by atoms with van der Waals surface area (Å²) in [6.45, 7) is 0.854. The summed E-state index contributed by atoms with van der Waals surface area (Å²) in [7, 11) is 0. The fraction of sp³-hybridized carbons (Fsp3) is 0.444. The summed E-state index contributed by atoms with van der Waals surface area (Å²) in [5.41, 5.74) is 1.54. The van der Waals surface area contributed by atoms with Crippen LogP contribution in [0.25, 0.3) is 11.2 Å². The van der Waals surface area contributed by atoms with Gasteiger partial charge in [0, 0.05) is 23.9 Å². The van der Waals surface area contributed by atoms with Gasteiger partial charge in [-0.2, -0.15) is 11.8 Å². The molecule has 0 aliphatic heterocycles. The molecule has 0 bridgehead atoms. The van der Waals surface area contributed by atoms with Crippen molar-refractivity contribution in [3.05, 3.63) is 12.7 Å². The maximum Gasteiger partial charge on any atom is 0.182 e. The molecule has 2 heterocycles. The smallest absolute Gasteiger partial charge is 0.182 e. The van der Waals surface area contributed by atoms with Crippen molar-refractivity contribution in [1.82, 2.24) is 19.9 Å². The lowest BCUT2D eigenvalue weighted by Crippen LogP contribution is -2.07. The second kappa shape index (κ2) is 5.91. The predicted molar refractivity (Wildman–Crippen MR) is 68.2 cm³/mol. The molecule has 5 nitrogen and oxygen atoms in total. The van der Waals surface area contributed by atoms with Gasteiger partial charge in [-0.25, -0.2) is 15.0 Å². The molecule has 0 spiro atoms. The molecular formula is C9H12ClN5S. The van der Waals surface area contributed by atoms with Crippen molar-refractivity contribution in [2.45, 2.75) is 0 Å². The lowest BCUT2D eigenvalue weighted by Gasteiger charge is -2.04. The number of nitrogens with zero attached hydrogens (tertiary/aromatic N) is 3. The molecular weight excluding hydrogens is 246 g/mol. The third-order valence-corrected chi connectivity index (χ3v) is 3.38. The SMILES string of the molecule is ClCCSCCNc1ncnc2nc[nH]c12. The Kier molecular flexibility index (Phi) is 4.24. The molecule has 0 saturated carbocycles. The number of alkyl halides is 1. The van der Waals surface area contributed by atoms with E-state index in [2.05, 4.69) is 25.3 Å². The van der Waals surface area contributed by atoms with Gasteiger partial charge in [0.05, 0.1) is 6.33 Å². The van der Waals surface area contributed by atoms with Gasteiger partial charge < -0.3 is 10.3 Å². The number of fused-ring (bicyclic) bond motifs is 1. The van der Waals surface area contributed by atoms with Gasteiger partial charge in [-0.05, 0) is 0 Å². The molecule has 7 heteroatoms. The fourth-order valence-corrected chi connectivity index (χ4v) is 2.18. The quantitative estimate of drug-likeness (QED) is 0.610. The number of hydrogen-bond acceptors (Lipinski definition) is 5. The Bertz CT molecular complexity index is 446. The topological polar surface area (TPSA) is 66.5 Å². The van der Waals surface area contributed by atoms with Crippen LogP contribution in [0.15, 0.2) is 12.7 Å².